The molecule has 0 amide bonds. The van der Waals surface area contributed by atoms with E-state index in [1.807, 2.05) is 0 Å². The Kier molecular flexibility index (Phi) is 3.72. The number of rotatable bonds is 1. The van der Waals surface area contributed by atoms with Crippen LogP contribution in [0.15, 0.2) is 24.3 Å². The van der Waals surface area contributed by atoms with Gasteiger partial charge in [0.1, 0.15) is 0 Å². The molecule has 2 rings (SSSR count). The van der Waals surface area contributed by atoms with E-state index < -0.39 is 0 Å². The Balaban J connectivity index is 0.000000845. The van der Waals surface area contributed by atoms with Gasteiger partial charge in [-0.3, -0.25) is 0 Å². The molecule has 1 heterocycles. The fourth-order valence-corrected chi connectivity index (χ4v) is 1.65. The summed E-state index contributed by atoms with van der Waals surface area (Å²) in [5, 5.41) is 12.2. The molecule has 0 aromatic heterocycles. The number of hydrogen-bond acceptors (Lipinski definition) is 2. The van der Waals surface area contributed by atoms with Crippen LogP contribution in [0.5, 0.6) is 0 Å². The van der Waals surface area contributed by atoms with Crippen LogP contribution in [-0.4, -0.2) is 17.8 Å². The summed E-state index contributed by atoms with van der Waals surface area (Å²) in [6.07, 6.45) is 0.951. The van der Waals surface area contributed by atoms with Gasteiger partial charge in [-0.15, -0.1) is 12.4 Å². The smallest absolute Gasteiger partial charge is 0.0587 e. The molecule has 0 aliphatic carbocycles. The molecule has 72 valence electrons. The third kappa shape index (κ3) is 2.21. The maximum atomic E-state index is 8.95. The first kappa shape index (κ1) is 10.5. The SMILES string of the molecule is Cl.OC[C@H]1Cc2ccccc2CN1. The molecule has 1 atom stereocenters. The Morgan fingerprint density at radius 2 is 2.00 bits per heavy atom. The largest absolute Gasteiger partial charge is 0.395 e. The highest BCUT2D eigenvalue weighted by atomic mass is 35.5. The molecule has 1 aliphatic rings. The maximum Gasteiger partial charge on any atom is 0.0587 e. The third-order valence-corrected chi connectivity index (χ3v) is 2.39. The van der Waals surface area contributed by atoms with Crippen molar-refractivity contribution in [2.24, 2.45) is 0 Å². The van der Waals surface area contributed by atoms with Gasteiger partial charge in [0.15, 0.2) is 0 Å². The molecule has 13 heavy (non-hydrogen) atoms. The third-order valence-electron chi connectivity index (χ3n) is 2.39. The number of fused-ring (bicyclic) bond motifs is 1. The van der Waals surface area contributed by atoms with Crippen LogP contribution in [0.3, 0.4) is 0 Å². The van der Waals surface area contributed by atoms with Gasteiger partial charge in [-0.2, -0.15) is 0 Å². The zero-order chi connectivity index (χ0) is 8.39. The van der Waals surface area contributed by atoms with E-state index in [4.69, 9.17) is 5.11 Å². The number of nitrogens with one attached hydrogen (secondary N) is 1. The van der Waals surface area contributed by atoms with Gasteiger partial charge in [0, 0.05) is 12.6 Å². The highest BCUT2D eigenvalue weighted by molar-refractivity contribution is 5.85. The summed E-state index contributed by atoms with van der Waals surface area (Å²) in [4.78, 5) is 0. The van der Waals surface area contributed by atoms with Crippen molar-refractivity contribution in [2.45, 2.75) is 19.0 Å². The van der Waals surface area contributed by atoms with Crippen molar-refractivity contribution in [1.29, 1.82) is 0 Å². The second-order valence-electron chi connectivity index (χ2n) is 3.23. The maximum absolute atomic E-state index is 8.95. The zero-order valence-corrected chi connectivity index (χ0v) is 8.18. The lowest BCUT2D eigenvalue weighted by Gasteiger charge is -2.24. The van der Waals surface area contributed by atoms with Crippen LogP contribution in [0.4, 0.5) is 0 Å². The van der Waals surface area contributed by atoms with E-state index >= 15 is 0 Å². The van der Waals surface area contributed by atoms with Gasteiger partial charge < -0.3 is 10.4 Å². The Bertz CT molecular complexity index is 277. The molecule has 0 unspecified atom stereocenters. The first-order chi connectivity index (χ1) is 5.90. The summed E-state index contributed by atoms with van der Waals surface area (Å²) in [6.45, 7) is 1.12. The van der Waals surface area contributed by atoms with E-state index in [9.17, 15) is 0 Å². The second-order valence-corrected chi connectivity index (χ2v) is 3.23. The zero-order valence-electron chi connectivity index (χ0n) is 7.36. The molecule has 0 radical (unpaired) electrons. The Hall–Kier alpha value is -0.570. The van der Waals surface area contributed by atoms with Crippen molar-refractivity contribution in [1.82, 2.24) is 5.32 Å². The lowest BCUT2D eigenvalue weighted by atomic mass is 9.96. The summed E-state index contributed by atoms with van der Waals surface area (Å²) in [5.74, 6) is 0. The van der Waals surface area contributed by atoms with Gasteiger partial charge in [0.25, 0.3) is 0 Å². The van der Waals surface area contributed by atoms with E-state index in [1.165, 1.54) is 11.1 Å². The number of halogens is 1. The van der Waals surface area contributed by atoms with E-state index in [-0.39, 0.29) is 25.1 Å². The average molecular weight is 200 g/mol. The number of hydrogen-bond donors (Lipinski definition) is 2. The van der Waals surface area contributed by atoms with Crippen molar-refractivity contribution in [2.75, 3.05) is 6.61 Å². The predicted molar refractivity (Wildman–Crippen MR) is 55.1 cm³/mol. The summed E-state index contributed by atoms with van der Waals surface area (Å²) < 4.78 is 0. The van der Waals surface area contributed by atoms with E-state index in [0.717, 1.165) is 13.0 Å². The predicted octanol–water partition coefficient (Wildman–Crippen LogP) is 1.11. The van der Waals surface area contributed by atoms with Gasteiger partial charge in [-0.25, -0.2) is 0 Å². The van der Waals surface area contributed by atoms with Crippen LogP contribution in [0.1, 0.15) is 11.1 Å². The monoisotopic (exact) mass is 199 g/mol. The van der Waals surface area contributed by atoms with Crippen molar-refractivity contribution in [3.05, 3.63) is 35.4 Å². The molecular formula is C10H14ClNO. The molecule has 0 saturated carbocycles. The normalized spacial score (nSPS) is 20.2. The van der Waals surface area contributed by atoms with E-state index in [0.29, 0.717) is 0 Å². The molecule has 0 spiro atoms. The molecule has 0 fully saturated rings. The van der Waals surface area contributed by atoms with Crippen LogP contribution in [0.2, 0.25) is 0 Å². The van der Waals surface area contributed by atoms with Gasteiger partial charge in [-0.05, 0) is 17.5 Å². The fourth-order valence-electron chi connectivity index (χ4n) is 1.65. The summed E-state index contributed by atoms with van der Waals surface area (Å²) in [7, 11) is 0. The van der Waals surface area contributed by atoms with Crippen molar-refractivity contribution in [3.8, 4) is 0 Å². The van der Waals surface area contributed by atoms with E-state index in [2.05, 4.69) is 29.6 Å². The number of benzene rings is 1. The molecule has 0 bridgehead atoms. The lowest BCUT2D eigenvalue weighted by Crippen LogP contribution is -2.38. The molecule has 3 heteroatoms. The van der Waals surface area contributed by atoms with Gasteiger partial charge in [0.05, 0.1) is 6.61 Å². The van der Waals surface area contributed by atoms with Crippen LogP contribution >= 0.6 is 12.4 Å². The molecule has 2 N–H and O–H groups in total. The molecule has 2 nitrogen and oxygen atoms in total. The van der Waals surface area contributed by atoms with Crippen LogP contribution in [-0.2, 0) is 13.0 Å². The standard InChI is InChI=1S/C10H13NO.ClH/c12-7-10-5-8-3-1-2-4-9(8)6-11-10;/h1-4,10-12H,5-7H2;1H/t10-;/m1./s1. The quantitative estimate of drug-likeness (QED) is 0.711. The lowest BCUT2D eigenvalue weighted by molar-refractivity contribution is 0.236. The van der Waals surface area contributed by atoms with Crippen molar-refractivity contribution >= 4 is 12.4 Å². The Labute approximate surface area is 84.4 Å². The first-order valence-electron chi connectivity index (χ1n) is 4.31. The molecule has 1 aromatic rings. The van der Waals surface area contributed by atoms with Crippen LogP contribution < -0.4 is 5.32 Å². The van der Waals surface area contributed by atoms with Crippen molar-refractivity contribution in [3.63, 3.8) is 0 Å². The topological polar surface area (TPSA) is 32.3 Å². The fraction of sp³-hybridized carbons (Fsp3) is 0.400. The Morgan fingerprint density at radius 1 is 1.31 bits per heavy atom. The van der Waals surface area contributed by atoms with E-state index in [1.54, 1.807) is 0 Å². The van der Waals surface area contributed by atoms with Gasteiger partial charge >= 0.3 is 0 Å². The molecular weight excluding hydrogens is 186 g/mol. The van der Waals surface area contributed by atoms with Gasteiger partial charge in [0.2, 0.25) is 0 Å². The summed E-state index contributed by atoms with van der Waals surface area (Å²) in [5.41, 5.74) is 2.73. The number of aliphatic hydroxyl groups excluding tert-OH is 1. The minimum absolute atomic E-state index is 0. The molecule has 0 saturated heterocycles. The summed E-state index contributed by atoms with van der Waals surface area (Å²) in [6, 6.07) is 8.63. The summed E-state index contributed by atoms with van der Waals surface area (Å²) >= 11 is 0. The van der Waals surface area contributed by atoms with Crippen LogP contribution in [0, 0.1) is 0 Å². The van der Waals surface area contributed by atoms with Crippen molar-refractivity contribution < 1.29 is 5.11 Å². The highest BCUT2D eigenvalue weighted by Gasteiger charge is 2.15. The molecule has 1 aliphatic heterocycles. The second kappa shape index (κ2) is 4.61. The minimum atomic E-state index is 0. The Morgan fingerprint density at radius 3 is 2.69 bits per heavy atom. The minimum Gasteiger partial charge on any atom is -0.395 e. The average Bonchev–Trinajstić information content (AvgIpc) is 2.17. The molecule has 1 aromatic carbocycles. The first-order valence-corrected chi connectivity index (χ1v) is 4.31. The van der Waals surface area contributed by atoms with Gasteiger partial charge in [-0.1, -0.05) is 24.3 Å². The van der Waals surface area contributed by atoms with Crippen LogP contribution in [0.25, 0.3) is 0 Å². The number of aliphatic hydroxyl groups is 1. The highest BCUT2D eigenvalue weighted by Crippen LogP contribution is 2.15.